The summed E-state index contributed by atoms with van der Waals surface area (Å²) < 4.78 is 43.0. The van der Waals surface area contributed by atoms with E-state index in [1.165, 1.54) is 0 Å². The molecule has 2 atom stereocenters. The van der Waals surface area contributed by atoms with E-state index in [9.17, 15) is 18.0 Å². The number of likely N-dealkylation sites (tertiary alicyclic amines) is 1. The summed E-state index contributed by atoms with van der Waals surface area (Å²) in [5, 5.41) is 14.2. The Hall–Kier alpha value is -3.19. The number of nitrogens with zero attached hydrogens (tertiary/aromatic N) is 4. The molecule has 4 heterocycles. The molecule has 0 spiro atoms. The lowest BCUT2D eigenvalue weighted by Crippen LogP contribution is -2.50. The molecule has 0 aromatic carbocycles. The molecular weight excluding hydrogens is 459 g/mol. The van der Waals surface area contributed by atoms with Gasteiger partial charge in [-0.2, -0.15) is 13.2 Å². The number of carboxylic acids is 1. The first-order chi connectivity index (χ1) is 16.1. The largest absolute Gasteiger partial charge is 0.490 e. The zero-order valence-corrected chi connectivity index (χ0v) is 18.7. The standard InChI is InChI=1S/C19H25N5O3.C2HF3O2/c1-13-16(14(2)27-22-13)10-23-6-7-26-18-12-24(11-17(18)23)19(25)21-9-15-4-3-5-20-8-15;3-2(4,5)1(6)7/h3-5,8,17-18H,6-7,9-12H2,1-2H3,(H,21,25);(H,6,7)/t17-,18+;/m1./s1. The number of rotatable bonds is 4. The Morgan fingerprint density at radius 2 is 2.03 bits per heavy atom. The summed E-state index contributed by atoms with van der Waals surface area (Å²) in [7, 11) is 0. The number of nitrogens with one attached hydrogen (secondary N) is 1. The molecular formula is C21H26F3N5O5. The summed E-state index contributed by atoms with van der Waals surface area (Å²) in [6.45, 7) is 7.95. The van der Waals surface area contributed by atoms with Crippen LogP contribution in [0.4, 0.5) is 18.0 Å². The quantitative estimate of drug-likeness (QED) is 0.676. The average molecular weight is 485 g/mol. The first-order valence-corrected chi connectivity index (χ1v) is 10.6. The summed E-state index contributed by atoms with van der Waals surface area (Å²) in [5.41, 5.74) is 3.05. The van der Waals surface area contributed by atoms with Gasteiger partial charge in [-0.3, -0.25) is 9.88 Å². The molecule has 0 bridgehead atoms. The van der Waals surface area contributed by atoms with Crippen molar-refractivity contribution in [2.24, 2.45) is 0 Å². The number of morpholine rings is 1. The third-order valence-corrected chi connectivity index (χ3v) is 5.66. The Balaban J connectivity index is 0.000000406. The predicted octanol–water partition coefficient (Wildman–Crippen LogP) is 2.11. The van der Waals surface area contributed by atoms with E-state index in [2.05, 4.69) is 20.4 Å². The van der Waals surface area contributed by atoms with Gasteiger partial charge in [-0.15, -0.1) is 0 Å². The van der Waals surface area contributed by atoms with Gasteiger partial charge in [-0.05, 0) is 25.5 Å². The second-order valence-corrected chi connectivity index (χ2v) is 7.98. The van der Waals surface area contributed by atoms with E-state index in [0.717, 1.165) is 35.7 Å². The maximum Gasteiger partial charge on any atom is 0.490 e. The summed E-state index contributed by atoms with van der Waals surface area (Å²) >= 11 is 0. The third kappa shape index (κ3) is 6.44. The Kier molecular flexibility index (Phi) is 8.10. The van der Waals surface area contributed by atoms with Crippen molar-refractivity contribution >= 4 is 12.0 Å². The average Bonchev–Trinajstić information content (AvgIpc) is 3.37. The number of aromatic nitrogens is 2. The fourth-order valence-electron chi connectivity index (χ4n) is 3.84. The molecule has 2 aromatic rings. The van der Waals surface area contributed by atoms with Crippen LogP contribution < -0.4 is 5.32 Å². The third-order valence-electron chi connectivity index (χ3n) is 5.66. The number of pyridine rings is 1. The number of amides is 2. The Labute approximate surface area is 193 Å². The van der Waals surface area contributed by atoms with E-state index >= 15 is 0 Å². The molecule has 186 valence electrons. The number of carbonyl (C=O) groups is 2. The molecule has 34 heavy (non-hydrogen) atoms. The van der Waals surface area contributed by atoms with Crippen LogP contribution in [-0.2, 0) is 22.6 Å². The predicted molar refractivity (Wildman–Crippen MR) is 112 cm³/mol. The van der Waals surface area contributed by atoms with Crippen LogP contribution in [0.15, 0.2) is 29.0 Å². The number of fused-ring (bicyclic) bond motifs is 1. The van der Waals surface area contributed by atoms with E-state index in [4.69, 9.17) is 19.2 Å². The van der Waals surface area contributed by atoms with Crippen LogP contribution >= 0.6 is 0 Å². The zero-order valence-electron chi connectivity index (χ0n) is 18.7. The van der Waals surface area contributed by atoms with Crippen LogP contribution in [0.3, 0.4) is 0 Å². The summed E-state index contributed by atoms with van der Waals surface area (Å²) in [6.07, 6.45) is -1.55. The summed E-state index contributed by atoms with van der Waals surface area (Å²) in [4.78, 5) is 29.8. The number of aryl methyl sites for hydroxylation is 2. The maximum atomic E-state index is 12.6. The lowest BCUT2D eigenvalue weighted by Gasteiger charge is -2.36. The summed E-state index contributed by atoms with van der Waals surface area (Å²) in [6, 6.07) is 3.95. The highest BCUT2D eigenvalue weighted by atomic mass is 19.4. The van der Waals surface area contributed by atoms with Gasteiger partial charge in [0.25, 0.3) is 0 Å². The van der Waals surface area contributed by atoms with Gasteiger partial charge in [-0.1, -0.05) is 11.2 Å². The Bertz CT molecular complexity index is 965. The minimum atomic E-state index is -5.08. The number of hydrogen-bond donors (Lipinski definition) is 2. The summed E-state index contributed by atoms with van der Waals surface area (Å²) in [5.74, 6) is -1.90. The van der Waals surface area contributed by atoms with Crippen LogP contribution in [0, 0.1) is 13.8 Å². The van der Waals surface area contributed by atoms with Gasteiger partial charge >= 0.3 is 18.2 Å². The number of hydrogen-bond acceptors (Lipinski definition) is 7. The fourth-order valence-corrected chi connectivity index (χ4v) is 3.84. The Morgan fingerprint density at radius 1 is 1.29 bits per heavy atom. The smallest absolute Gasteiger partial charge is 0.475 e. The van der Waals surface area contributed by atoms with Crippen molar-refractivity contribution in [1.82, 2.24) is 25.3 Å². The van der Waals surface area contributed by atoms with E-state index in [1.807, 2.05) is 30.9 Å². The second kappa shape index (κ2) is 10.8. The van der Waals surface area contributed by atoms with E-state index in [1.54, 1.807) is 12.4 Å². The zero-order chi connectivity index (χ0) is 24.9. The number of ether oxygens (including phenoxy) is 1. The number of carbonyl (C=O) groups excluding carboxylic acids is 1. The topological polar surface area (TPSA) is 121 Å². The molecule has 2 aliphatic heterocycles. The molecule has 2 N–H and O–H groups in total. The van der Waals surface area contributed by atoms with Crippen LogP contribution in [0.1, 0.15) is 22.6 Å². The molecule has 0 radical (unpaired) electrons. The van der Waals surface area contributed by atoms with Crippen LogP contribution in [-0.4, -0.2) is 81.6 Å². The molecule has 10 nitrogen and oxygen atoms in total. The Morgan fingerprint density at radius 3 is 2.62 bits per heavy atom. The van der Waals surface area contributed by atoms with Crippen molar-refractivity contribution in [2.75, 3.05) is 26.2 Å². The van der Waals surface area contributed by atoms with Crippen molar-refractivity contribution < 1.29 is 37.1 Å². The van der Waals surface area contributed by atoms with Gasteiger partial charge in [0.15, 0.2) is 0 Å². The minimum Gasteiger partial charge on any atom is -0.475 e. The number of aliphatic carboxylic acids is 1. The van der Waals surface area contributed by atoms with Crippen molar-refractivity contribution in [1.29, 1.82) is 0 Å². The van der Waals surface area contributed by atoms with Gasteiger partial charge in [0.05, 0.1) is 31.0 Å². The molecule has 0 saturated carbocycles. The van der Waals surface area contributed by atoms with Crippen LogP contribution in [0.2, 0.25) is 0 Å². The molecule has 0 unspecified atom stereocenters. The second-order valence-electron chi connectivity index (χ2n) is 7.98. The number of urea groups is 1. The van der Waals surface area contributed by atoms with Gasteiger partial charge in [0.1, 0.15) is 5.76 Å². The highest BCUT2D eigenvalue weighted by Gasteiger charge is 2.42. The van der Waals surface area contributed by atoms with Gasteiger partial charge in [0.2, 0.25) is 0 Å². The molecule has 4 rings (SSSR count). The molecule has 0 aliphatic carbocycles. The molecule has 2 fully saturated rings. The van der Waals surface area contributed by atoms with Gasteiger partial charge in [0, 0.05) is 44.1 Å². The highest BCUT2D eigenvalue weighted by molar-refractivity contribution is 5.74. The lowest BCUT2D eigenvalue weighted by molar-refractivity contribution is -0.192. The molecule has 2 saturated heterocycles. The SMILES string of the molecule is Cc1noc(C)c1CN1CCO[C@H]2CN(C(=O)NCc3cccnc3)C[C@H]21.O=C(O)C(F)(F)F. The molecule has 2 amide bonds. The van der Waals surface area contributed by atoms with Crippen molar-refractivity contribution in [3.8, 4) is 0 Å². The number of halogens is 3. The van der Waals surface area contributed by atoms with E-state index in [-0.39, 0.29) is 18.2 Å². The maximum absolute atomic E-state index is 12.6. The first-order valence-electron chi connectivity index (χ1n) is 10.6. The van der Waals surface area contributed by atoms with E-state index < -0.39 is 12.1 Å². The minimum absolute atomic E-state index is 0.0448. The van der Waals surface area contributed by atoms with Gasteiger partial charge < -0.3 is 24.6 Å². The van der Waals surface area contributed by atoms with Crippen molar-refractivity contribution in [2.45, 2.75) is 45.3 Å². The molecule has 13 heteroatoms. The van der Waals surface area contributed by atoms with Crippen molar-refractivity contribution in [3.05, 3.63) is 47.1 Å². The monoisotopic (exact) mass is 485 g/mol. The van der Waals surface area contributed by atoms with Crippen LogP contribution in [0.25, 0.3) is 0 Å². The van der Waals surface area contributed by atoms with Crippen molar-refractivity contribution in [3.63, 3.8) is 0 Å². The van der Waals surface area contributed by atoms with E-state index in [0.29, 0.717) is 26.2 Å². The van der Waals surface area contributed by atoms with Crippen LogP contribution in [0.5, 0.6) is 0 Å². The van der Waals surface area contributed by atoms with Gasteiger partial charge in [-0.25, -0.2) is 9.59 Å². The highest BCUT2D eigenvalue weighted by Crippen LogP contribution is 2.26. The normalized spacial score (nSPS) is 20.3. The fraction of sp³-hybridized carbons (Fsp3) is 0.524. The number of carboxylic acid groups (broad SMARTS) is 1. The lowest BCUT2D eigenvalue weighted by atomic mass is 10.1. The first kappa shape index (κ1) is 25.4. The number of alkyl halides is 3. The molecule has 2 aliphatic rings. The molecule has 2 aromatic heterocycles.